The number of benzene rings is 2. The van der Waals surface area contributed by atoms with E-state index in [1.54, 1.807) is 7.11 Å². The van der Waals surface area contributed by atoms with Crippen molar-refractivity contribution in [3.8, 4) is 5.75 Å². The fraction of sp³-hybridized carbons (Fsp3) is 0.581. The van der Waals surface area contributed by atoms with Gasteiger partial charge in [-0.2, -0.15) is 0 Å². The molecule has 0 unspecified atom stereocenters. The third-order valence-electron chi connectivity index (χ3n) is 8.81. The van der Waals surface area contributed by atoms with Gasteiger partial charge in [-0.05, 0) is 55.5 Å². The lowest BCUT2D eigenvalue weighted by atomic mass is 9.84. The number of para-hydroxylation sites is 1. The molecule has 2 aromatic rings. The lowest BCUT2D eigenvalue weighted by molar-refractivity contribution is -0.134. The number of hydrogen-bond donors (Lipinski definition) is 0. The molecule has 1 spiro atoms. The molecule has 0 aromatic heterocycles. The Balaban J connectivity index is 1.33. The fourth-order valence-electron chi connectivity index (χ4n) is 6.73. The Morgan fingerprint density at radius 2 is 1.53 bits per heavy atom. The van der Waals surface area contributed by atoms with Crippen molar-refractivity contribution >= 4 is 11.6 Å². The summed E-state index contributed by atoms with van der Waals surface area (Å²) >= 11 is 0. The van der Waals surface area contributed by atoms with Crippen molar-refractivity contribution in [2.24, 2.45) is 0 Å². The SMILES string of the molecule is COc1cccc(CN2CN(c3ccccc3)C3(CCN(C4CCCCCCCCC4)CC3)C2=O)c1. The van der Waals surface area contributed by atoms with Crippen molar-refractivity contribution in [2.45, 2.75) is 88.8 Å². The Bertz CT molecular complexity index is 976. The standard InChI is InChI=1S/C31H43N3O2/c1-36-29-18-12-13-26(23-29)24-33-25-34(28-16-10-7-11-17-28)31(30(33)35)19-21-32(22-20-31)27-14-8-5-3-2-4-6-9-15-27/h7,10-13,16-18,23,27H,2-6,8-9,14-15,19-22,24-25H2,1H3. The largest absolute Gasteiger partial charge is 0.497 e. The highest BCUT2D eigenvalue weighted by atomic mass is 16.5. The lowest BCUT2D eigenvalue weighted by Crippen LogP contribution is -2.58. The van der Waals surface area contributed by atoms with Gasteiger partial charge in [0.25, 0.3) is 0 Å². The zero-order valence-corrected chi connectivity index (χ0v) is 22.0. The highest BCUT2D eigenvalue weighted by Crippen LogP contribution is 2.41. The average Bonchev–Trinajstić information content (AvgIpc) is 3.19. The number of likely N-dealkylation sites (tertiary alicyclic amines) is 1. The molecule has 2 heterocycles. The number of hydrogen-bond acceptors (Lipinski definition) is 4. The Hall–Kier alpha value is -2.53. The molecule has 5 nitrogen and oxygen atoms in total. The number of anilines is 1. The molecule has 1 amide bonds. The maximum absolute atomic E-state index is 14.1. The second-order valence-electron chi connectivity index (χ2n) is 11.0. The first-order chi connectivity index (χ1) is 17.7. The van der Waals surface area contributed by atoms with Crippen LogP contribution in [0, 0.1) is 0 Å². The third-order valence-corrected chi connectivity index (χ3v) is 8.81. The molecule has 1 saturated carbocycles. The number of rotatable bonds is 5. The number of carbonyl (C=O) groups excluding carboxylic acids is 1. The number of ether oxygens (including phenoxy) is 1. The molecule has 0 atom stereocenters. The molecule has 0 radical (unpaired) electrons. The topological polar surface area (TPSA) is 36.0 Å². The lowest BCUT2D eigenvalue weighted by Gasteiger charge is -2.45. The monoisotopic (exact) mass is 489 g/mol. The second kappa shape index (κ2) is 11.7. The summed E-state index contributed by atoms with van der Waals surface area (Å²) in [7, 11) is 1.69. The molecule has 2 saturated heterocycles. The van der Waals surface area contributed by atoms with Crippen LogP contribution in [0.15, 0.2) is 54.6 Å². The van der Waals surface area contributed by atoms with Crippen molar-refractivity contribution in [1.29, 1.82) is 0 Å². The van der Waals surface area contributed by atoms with Crippen molar-refractivity contribution in [1.82, 2.24) is 9.80 Å². The van der Waals surface area contributed by atoms with Gasteiger partial charge in [0.1, 0.15) is 11.3 Å². The summed E-state index contributed by atoms with van der Waals surface area (Å²) in [6.07, 6.45) is 14.2. The van der Waals surface area contributed by atoms with Gasteiger partial charge in [-0.25, -0.2) is 0 Å². The van der Waals surface area contributed by atoms with Gasteiger partial charge >= 0.3 is 0 Å². The molecular weight excluding hydrogens is 446 g/mol. The van der Waals surface area contributed by atoms with Gasteiger partial charge in [-0.3, -0.25) is 4.79 Å². The fourth-order valence-corrected chi connectivity index (χ4v) is 6.73. The molecule has 194 valence electrons. The van der Waals surface area contributed by atoms with Crippen LogP contribution in [0.1, 0.15) is 76.2 Å². The van der Waals surface area contributed by atoms with Crippen LogP contribution in [-0.4, -0.2) is 54.2 Å². The minimum atomic E-state index is -0.438. The highest BCUT2D eigenvalue weighted by Gasteiger charge is 2.54. The minimum absolute atomic E-state index is 0.291. The van der Waals surface area contributed by atoms with Crippen LogP contribution >= 0.6 is 0 Å². The summed E-state index contributed by atoms with van der Waals surface area (Å²) in [5.41, 5.74) is 1.84. The first-order valence-corrected chi connectivity index (χ1v) is 14.2. The summed E-state index contributed by atoms with van der Waals surface area (Å²) in [4.78, 5) is 21.3. The van der Waals surface area contributed by atoms with Crippen LogP contribution in [-0.2, 0) is 11.3 Å². The van der Waals surface area contributed by atoms with Gasteiger partial charge < -0.3 is 19.4 Å². The Morgan fingerprint density at radius 3 is 2.19 bits per heavy atom. The Kier molecular flexibility index (Phi) is 8.15. The molecule has 0 N–H and O–H groups in total. The molecule has 36 heavy (non-hydrogen) atoms. The molecule has 2 aromatic carbocycles. The molecule has 2 aliphatic heterocycles. The van der Waals surface area contributed by atoms with Crippen molar-refractivity contribution < 1.29 is 9.53 Å². The molecule has 5 rings (SSSR count). The summed E-state index contributed by atoms with van der Waals surface area (Å²) in [5.74, 6) is 1.13. The summed E-state index contributed by atoms with van der Waals surface area (Å²) in [6.45, 7) is 3.30. The molecule has 5 heteroatoms. The number of nitrogens with zero attached hydrogens (tertiary/aromatic N) is 3. The van der Waals surface area contributed by atoms with Crippen molar-refractivity contribution in [3.05, 3.63) is 60.2 Å². The van der Waals surface area contributed by atoms with E-state index >= 15 is 0 Å². The van der Waals surface area contributed by atoms with Crippen LogP contribution in [0.25, 0.3) is 0 Å². The second-order valence-corrected chi connectivity index (χ2v) is 11.0. The van der Waals surface area contributed by atoms with E-state index in [0.29, 0.717) is 25.2 Å². The number of piperidine rings is 1. The van der Waals surface area contributed by atoms with E-state index in [9.17, 15) is 4.79 Å². The van der Waals surface area contributed by atoms with E-state index < -0.39 is 5.54 Å². The van der Waals surface area contributed by atoms with E-state index in [0.717, 1.165) is 42.9 Å². The molecular formula is C31H43N3O2. The van der Waals surface area contributed by atoms with Crippen molar-refractivity contribution in [3.63, 3.8) is 0 Å². The smallest absolute Gasteiger partial charge is 0.250 e. The Labute approximate surface area is 217 Å². The van der Waals surface area contributed by atoms with E-state index in [1.807, 2.05) is 18.2 Å². The van der Waals surface area contributed by atoms with Gasteiger partial charge in [0.15, 0.2) is 0 Å². The molecule has 3 fully saturated rings. The molecule has 1 aliphatic carbocycles. The predicted octanol–water partition coefficient (Wildman–Crippen LogP) is 6.23. The van der Waals surface area contributed by atoms with Crippen LogP contribution in [0.5, 0.6) is 5.75 Å². The van der Waals surface area contributed by atoms with E-state index in [1.165, 1.54) is 57.8 Å². The maximum atomic E-state index is 14.1. The first-order valence-electron chi connectivity index (χ1n) is 14.2. The molecule has 3 aliphatic rings. The van der Waals surface area contributed by atoms with Gasteiger partial charge in [-0.1, -0.05) is 75.3 Å². The van der Waals surface area contributed by atoms with E-state index in [2.05, 4.69) is 51.1 Å². The number of methoxy groups -OCH3 is 1. The highest BCUT2D eigenvalue weighted by molar-refractivity contribution is 5.93. The van der Waals surface area contributed by atoms with E-state index in [-0.39, 0.29) is 0 Å². The maximum Gasteiger partial charge on any atom is 0.250 e. The van der Waals surface area contributed by atoms with Crippen LogP contribution < -0.4 is 9.64 Å². The quantitative estimate of drug-likeness (QED) is 0.499. The zero-order chi connectivity index (χ0) is 24.8. The van der Waals surface area contributed by atoms with E-state index in [4.69, 9.17) is 4.74 Å². The number of amides is 1. The minimum Gasteiger partial charge on any atom is -0.497 e. The van der Waals surface area contributed by atoms with Crippen LogP contribution in [0.4, 0.5) is 5.69 Å². The normalized spacial score (nSPS) is 22.2. The van der Waals surface area contributed by atoms with Crippen LogP contribution in [0.3, 0.4) is 0 Å². The predicted molar refractivity (Wildman–Crippen MR) is 146 cm³/mol. The average molecular weight is 490 g/mol. The van der Waals surface area contributed by atoms with Gasteiger partial charge in [0.05, 0.1) is 13.8 Å². The van der Waals surface area contributed by atoms with Crippen LogP contribution in [0.2, 0.25) is 0 Å². The van der Waals surface area contributed by atoms with Gasteiger partial charge in [-0.15, -0.1) is 0 Å². The summed E-state index contributed by atoms with van der Waals surface area (Å²) < 4.78 is 5.43. The summed E-state index contributed by atoms with van der Waals surface area (Å²) in [5, 5.41) is 0. The zero-order valence-electron chi connectivity index (χ0n) is 22.0. The summed E-state index contributed by atoms with van der Waals surface area (Å²) in [6, 6.07) is 19.4. The third kappa shape index (κ3) is 5.41. The van der Waals surface area contributed by atoms with Gasteiger partial charge in [0.2, 0.25) is 5.91 Å². The van der Waals surface area contributed by atoms with Crippen molar-refractivity contribution in [2.75, 3.05) is 31.8 Å². The van der Waals surface area contributed by atoms with Gasteiger partial charge in [0, 0.05) is 31.4 Å². The molecule has 0 bridgehead atoms. The first kappa shape index (κ1) is 25.1. The number of carbonyl (C=O) groups is 1. The Morgan fingerprint density at radius 1 is 0.861 bits per heavy atom.